The van der Waals surface area contributed by atoms with Crippen LogP contribution in [0.25, 0.3) is 0 Å². The molecule has 0 saturated heterocycles. The Labute approximate surface area is 118 Å². The van der Waals surface area contributed by atoms with E-state index in [9.17, 15) is 4.79 Å². The summed E-state index contributed by atoms with van der Waals surface area (Å²) >= 11 is 0. The maximum Gasteiger partial charge on any atom is 0.394 e. The molecule has 0 aliphatic carbocycles. The summed E-state index contributed by atoms with van der Waals surface area (Å²) in [5.74, 6) is -0.0713. The number of H-pyrrole nitrogens is 1. The molecule has 2 aromatic rings. The van der Waals surface area contributed by atoms with E-state index in [0.29, 0.717) is 0 Å². The SMILES string of the molecule is Nc1nc(N)c(N)c(=O)[nH]1.O=S(=O)(O)O.c1cncnc1. The fourth-order valence-corrected chi connectivity index (χ4v) is 0.771. The number of nitrogens with zero attached hydrogens (tertiary/aromatic N) is 3. The van der Waals surface area contributed by atoms with Gasteiger partial charge in [-0.25, -0.2) is 9.97 Å². The van der Waals surface area contributed by atoms with Gasteiger partial charge in [-0.1, -0.05) is 0 Å². The van der Waals surface area contributed by atoms with Crippen molar-refractivity contribution in [2.45, 2.75) is 0 Å². The van der Waals surface area contributed by atoms with E-state index in [0.717, 1.165) is 0 Å². The summed E-state index contributed by atoms with van der Waals surface area (Å²) in [6.45, 7) is 0. The first-order valence-electron chi connectivity index (χ1n) is 4.92. The second kappa shape index (κ2) is 8.41. The number of hydrogen-bond acceptors (Lipinski definition) is 9. The van der Waals surface area contributed by atoms with Gasteiger partial charge < -0.3 is 17.2 Å². The van der Waals surface area contributed by atoms with E-state index in [2.05, 4.69) is 19.9 Å². The van der Waals surface area contributed by atoms with E-state index in [-0.39, 0.29) is 17.5 Å². The highest BCUT2D eigenvalue weighted by Gasteiger charge is 2.00. The van der Waals surface area contributed by atoms with Crippen LogP contribution in [0.3, 0.4) is 0 Å². The van der Waals surface area contributed by atoms with Gasteiger partial charge in [0.05, 0.1) is 0 Å². The highest BCUT2D eigenvalue weighted by Crippen LogP contribution is 2.02. The number of nitrogen functional groups attached to an aromatic ring is 3. The van der Waals surface area contributed by atoms with Crippen molar-refractivity contribution in [3.8, 4) is 0 Å². The van der Waals surface area contributed by atoms with Crippen LogP contribution in [0, 0.1) is 0 Å². The summed E-state index contributed by atoms with van der Waals surface area (Å²) < 4.78 is 31.6. The molecule has 0 bridgehead atoms. The molecule has 116 valence electrons. The largest absolute Gasteiger partial charge is 0.394 e. The van der Waals surface area contributed by atoms with Crippen LogP contribution < -0.4 is 22.8 Å². The van der Waals surface area contributed by atoms with Crippen LogP contribution in [0.5, 0.6) is 0 Å². The van der Waals surface area contributed by atoms with E-state index in [4.69, 9.17) is 34.7 Å². The van der Waals surface area contributed by atoms with Crippen molar-refractivity contribution < 1.29 is 17.5 Å². The topological polar surface area (TPSA) is 224 Å². The maximum atomic E-state index is 10.7. The van der Waals surface area contributed by atoms with Gasteiger partial charge in [-0.05, 0) is 6.07 Å². The Morgan fingerprint density at radius 3 is 1.86 bits per heavy atom. The average molecular weight is 319 g/mol. The second-order valence-electron chi connectivity index (χ2n) is 3.10. The fraction of sp³-hybridized carbons (Fsp3) is 0. The monoisotopic (exact) mass is 319 g/mol. The van der Waals surface area contributed by atoms with Crippen molar-refractivity contribution in [1.29, 1.82) is 0 Å². The van der Waals surface area contributed by atoms with Gasteiger partial charge >= 0.3 is 10.4 Å². The van der Waals surface area contributed by atoms with E-state index in [1.807, 2.05) is 0 Å². The number of rotatable bonds is 0. The summed E-state index contributed by atoms with van der Waals surface area (Å²) in [7, 11) is -4.67. The Kier molecular flexibility index (Phi) is 7.30. The molecule has 0 aromatic carbocycles. The van der Waals surface area contributed by atoms with Gasteiger partial charge in [-0.3, -0.25) is 18.9 Å². The lowest BCUT2D eigenvalue weighted by Gasteiger charge is -1.96. The Balaban J connectivity index is 0.000000312. The highest BCUT2D eigenvalue weighted by molar-refractivity contribution is 7.79. The summed E-state index contributed by atoms with van der Waals surface area (Å²) in [5.41, 5.74) is 14.9. The molecule has 2 heterocycles. The van der Waals surface area contributed by atoms with Crippen molar-refractivity contribution in [3.05, 3.63) is 35.1 Å². The fourth-order valence-electron chi connectivity index (χ4n) is 0.771. The molecular weight excluding hydrogens is 306 g/mol. The molecule has 21 heavy (non-hydrogen) atoms. The molecule has 0 atom stereocenters. The second-order valence-corrected chi connectivity index (χ2v) is 4.00. The zero-order valence-corrected chi connectivity index (χ0v) is 11.2. The molecule has 0 amide bonds. The summed E-state index contributed by atoms with van der Waals surface area (Å²) in [4.78, 5) is 23.7. The minimum Gasteiger partial charge on any atom is -0.391 e. The van der Waals surface area contributed by atoms with Crippen LogP contribution in [0.15, 0.2) is 29.6 Å². The van der Waals surface area contributed by atoms with Crippen LogP contribution in [0.2, 0.25) is 0 Å². The minimum absolute atomic E-state index is 0.0308. The lowest BCUT2D eigenvalue weighted by Crippen LogP contribution is -2.17. The van der Waals surface area contributed by atoms with Gasteiger partial charge in [0.2, 0.25) is 5.95 Å². The van der Waals surface area contributed by atoms with Crippen molar-refractivity contribution >= 4 is 27.9 Å². The predicted molar refractivity (Wildman–Crippen MR) is 74.3 cm³/mol. The number of nitrogens with two attached hydrogens (primary N) is 3. The third-order valence-corrected chi connectivity index (χ3v) is 1.48. The molecular formula is C8H13N7O5S. The van der Waals surface area contributed by atoms with Gasteiger partial charge in [-0.2, -0.15) is 13.4 Å². The van der Waals surface area contributed by atoms with Crippen LogP contribution in [0.4, 0.5) is 17.5 Å². The summed E-state index contributed by atoms with van der Waals surface area (Å²) in [5, 5.41) is 0. The number of aromatic nitrogens is 4. The third kappa shape index (κ3) is 10.8. The minimum atomic E-state index is -4.67. The van der Waals surface area contributed by atoms with Gasteiger partial charge in [0.25, 0.3) is 5.56 Å². The Morgan fingerprint density at radius 1 is 1.10 bits per heavy atom. The molecule has 13 heteroatoms. The first-order valence-corrected chi connectivity index (χ1v) is 6.31. The van der Waals surface area contributed by atoms with Crippen molar-refractivity contribution in [1.82, 2.24) is 19.9 Å². The third-order valence-electron chi connectivity index (χ3n) is 1.48. The van der Waals surface area contributed by atoms with Crippen LogP contribution >= 0.6 is 0 Å². The number of anilines is 3. The average Bonchev–Trinajstić information content (AvgIpc) is 2.37. The van der Waals surface area contributed by atoms with Crippen LogP contribution in [0.1, 0.15) is 0 Å². The Hall–Kier alpha value is -2.77. The molecule has 0 fully saturated rings. The normalized spacial score (nSPS) is 9.62. The van der Waals surface area contributed by atoms with Crippen LogP contribution in [-0.2, 0) is 10.4 Å². The molecule has 12 nitrogen and oxygen atoms in total. The highest BCUT2D eigenvalue weighted by atomic mass is 32.3. The first-order chi connectivity index (χ1) is 9.61. The predicted octanol–water partition coefficient (Wildman–Crippen LogP) is -1.66. The molecule has 2 aromatic heterocycles. The molecule has 0 aliphatic heterocycles. The lowest BCUT2D eigenvalue weighted by atomic mass is 10.5. The van der Waals surface area contributed by atoms with Gasteiger partial charge in [0, 0.05) is 12.4 Å². The molecule has 2 rings (SSSR count). The summed E-state index contributed by atoms with van der Waals surface area (Å²) in [6, 6.07) is 1.78. The molecule has 9 N–H and O–H groups in total. The van der Waals surface area contributed by atoms with Crippen molar-refractivity contribution in [2.24, 2.45) is 0 Å². The zero-order valence-electron chi connectivity index (χ0n) is 10.4. The van der Waals surface area contributed by atoms with E-state index < -0.39 is 16.0 Å². The zero-order chi connectivity index (χ0) is 16.5. The van der Waals surface area contributed by atoms with Crippen molar-refractivity contribution in [2.75, 3.05) is 17.2 Å². The lowest BCUT2D eigenvalue weighted by molar-refractivity contribution is 0.381. The number of aromatic amines is 1. The number of hydrogen-bond donors (Lipinski definition) is 6. The van der Waals surface area contributed by atoms with Crippen molar-refractivity contribution in [3.63, 3.8) is 0 Å². The smallest absolute Gasteiger partial charge is 0.391 e. The molecule has 0 saturated carbocycles. The maximum absolute atomic E-state index is 10.7. The first kappa shape index (κ1) is 18.2. The van der Waals surface area contributed by atoms with Gasteiger partial charge in [0.15, 0.2) is 5.82 Å². The Morgan fingerprint density at radius 2 is 1.57 bits per heavy atom. The van der Waals surface area contributed by atoms with Gasteiger partial charge in [-0.15, -0.1) is 0 Å². The standard InChI is InChI=1S/C4H7N5O.C4H4N2.H2O4S/c5-1-2(6)8-4(7)9-3(1)10;1-2-5-4-6-3-1;1-5(2,3)4/h5H2,(H5,6,7,8,9,10);1-4H;(H2,1,2,3,4). The summed E-state index contributed by atoms with van der Waals surface area (Å²) in [6.07, 6.45) is 4.88. The molecule has 0 spiro atoms. The van der Waals surface area contributed by atoms with E-state index in [1.54, 1.807) is 18.5 Å². The molecule has 0 unspecified atom stereocenters. The van der Waals surface area contributed by atoms with Crippen LogP contribution in [-0.4, -0.2) is 37.5 Å². The van der Waals surface area contributed by atoms with Gasteiger partial charge in [0.1, 0.15) is 12.0 Å². The molecule has 0 aliphatic rings. The van der Waals surface area contributed by atoms with E-state index >= 15 is 0 Å². The number of nitrogens with one attached hydrogen (secondary N) is 1. The molecule has 0 radical (unpaired) electrons. The quantitative estimate of drug-likeness (QED) is 0.301. The Bertz CT molecular complexity index is 668. The van der Waals surface area contributed by atoms with E-state index in [1.165, 1.54) is 6.33 Å².